The molecule has 6 N–H and O–H groups in total. The molecular formula is C6H10Cl2N2O4S2. The summed E-state index contributed by atoms with van der Waals surface area (Å²) in [4.78, 5) is 18.8. The van der Waals surface area contributed by atoms with E-state index in [1.807, 2.05) is 0 Å². The van der Waals surface area contributed by atoms with Crippen LogP contribution in [0.15, 0.2) is 0 Å². The van der Waals surface area contributed by atoms with E-state index in [9.17, 15) is 9.59 Å². The van der Waals surface area contributed by atoms with E-state index >= 15 is 0 Å². The van der Waals surface area contributed by atoms with Gasteiger partial charge in [-0.05, 0) is 0 Å². The molecule has 10 heteroatoms. The minimum Gasteiger partial charge on any atom is -0.480 e. The maximum atomic E-state index is 10.6. The van der Waals surface area contributed by atoms with Crippen molar-refractivity contribution < 1.29 is 19.8 Å². The smallest absolute Gasteiger partial charge is 0.341 e. The van der Waals surface area contributed by atoms with Gasteiger partial charge in [-0.25, -0.2) is 4.79 Å². The average molecular weight is 309 g/mol. The number of rotatable bonds is 7. The molecule has 16 heavy (non-hydrogen) atoms. The van der Waals surface area contributed by atoms with E-state index in [0.29, 0.717) is 0 Å². The second-order valence-corrected chi connectivity index (χ2v) is 6.55. The highest BCUT2D eigenvalue weighted by Crippen LogP contribution is 2.37. The van der Waals surface area contributed by atoms with Gasteiger partial charge in [-0.1, -0.05) is 33.2 Å². The minimum atomic E-state index is -2.10. The molecule has 0 radical (unpaired) electrons. The predicted octanol–water partition coefficient (Wildman–Crippen LogP) is 0.323. The fraction of sp³-hybridized carbons (Fsp3) is 0.667. The number of carboxylic acid groups (broad SMARTS) is 2. The van der Waals surface area contributed by atoms with Crippen LogP contribution in [-0.2, 0) is 9.59 Å². The van der Waals surface area contributed by atoms with Gasteiger partial charge in [-0.3, -0.25) is 4.79 Å². The molecule has 3 atom stereocenters. The van der Waals surface area contributed by atoms with Crippen molar-refractivity contribution in [1.82, 2.24) is 0 Å². The fourth-order valence-electron chi connectivity index (χ4n) is 0.411. The Balaban J connectivity index is 4.04. The molecule has 0 aliphatic carbocycles. The van der Waals surface area contributed by atoms with Crippen LogP contribution in [0.2, 0.25) is 0 Å². The third-order valence-electron chi connectivity index (χ3n) is 1.38. The number of hydrogen-bond donors (Lipinski definition) is 4. The highest BCUT2D eigenvalue weighted by molar-refractivity contribution is 8.77. The lowest BCUT2D eigenvalue weighted by molar-refractivity contribution is -0.140. The molecule has 6 nitrogen and oxygen atoms in total. The van der Waals surface area contributed by atoms with Crippen LogP contribution in [-0.4, -0.2) is 43.7 Å². The van der Waals surface area contributed by atoms with Crippen molar-refractivity contribution in [2.24, 2.45) is 11.5 Å². The van der Waals surface area contributed by atoms with Gasteiger partial charge in [0.1, 0.15) is 10.8 Å². The summed E-state index contributed by atoms with van der Waals surface area (Å²) in [6.07, 6.45) is 0. The quantitative estimate of drug-likeness (QED) is 0.301. The van der Waals surface area contributed by atoms with Gasteiger partial charge < -0.3 is 21.7 Å². The highest BCUT2D eigenvalue weighted by atomic mass is 35.5. The Morgan fingerprint density at radius 1 is 1.44 bits per heavy atom. The summed E-state index contributed by atoms with van der Waals surface area (Å²) in [6, 6.07) is -1.05. The van der Waals surface area contributed by atoms with Gasteiger partial charge in [0.2, 0.25) is 5.00 Å². The number of halogens is 2. The molecule has 0 amide bonds. The minimum absolute atomic E-state index is 0.0653. The van der Waals surface area contributed by atoms with Crippen molar-refractivity contribution in [3.63, 3.8) is 0 Å². The molecule has 0 aliphatic heterocycles. The lowest BCUT2D eigenvalue weighted by Crippen LogP contribution is -2.48. The predicted molar refractivity (Wildman–Crippen MR) is 65.7 cm³/mol. The second kappa shape index (κ2) is 6.77. The van der Waals surface area contributed by atoms with E-state index in [1.165, 1.54) is 0 Å². The van der Waals surface area contributed by atoms with Crippen LogP contribution in [0.25, 0.3) is 0 Å². The Labute approximate surface area is 109 Å². The molecule has 0 saturated heterocycles. The topological polar surface area (TPSA) is 127 Å². The molecule has 0 aromatic carbocycles. The first-order valence-corrected chi connectivity index (χ1v) is 7.01. The van der Waals surface area contributed by atoms with Gasteiger partial charge in [0.05, 0.1) is 0 Å². The number of alkyl halides is 2. The van der Waals surface area contributed by atoms with Crippen molar-refractivity contribution >= 4 is 56.7 Å². The Kier molecular flexibility index (Phi) is 6.83. The van der Waals surface area contributed by atoms with E-state index in [2.05, 4.69) is 0 Å². The molecule has 0 aromatic rings. The summed E-state index contributed by atoms with van der Waals surface area (Å²) in [5.41, 5.74) is 10.4. The molecule has 3 unspecified atom stereocenters. The monoisotopic (exact) mass is 308 g/mol. The fourth-order valence-corrected chi connectivity index (χ4v) is 3.48. The SMILES string of the molecule is NC(CSSC(Cl)C(N)(Cl)C(=O)O)C(=O)O. The number of hydrogen-bond acceptors (Lipinski definition) is 6. The Bertz CT molecular complexity index is 279. The summed E-state index contributed by atoms with van der Waals surface area (Å²) in [7, 11) is 1.85. The van der Waals surface area contributed by atoms with Crippen molar-refractivity contribution in [2.45, 2.75) is 15.7 Å². The molecule has 0 rings (SSSR count). The lowest BCUT2D eigenvalue weighted by atomic mass is 10.3. The van der Waals surface area contributed by atoms with Crippen molar-refractivity contribution in [1.29, 1.82) is 0 Å². The summed E-state index contributed by atoms with van der Waals surface area (Å²) < 4.78 is -1.11. The summed E-state index contributed by atoms with van der Waals surface area (Å²) in [5, 5.41) is 17.1. The first-order valence-electron chi connectivity index (χ1n) is 3.81. The van der Waals surface area contributed by atoms with E-state index in [-0.39, 0.29) is 5.75 Å². The molecule has 0 fully saturated rings. The number of carboxylic acids is 2. The van der Waals surface area contributed by atoms with E-state index in [0.717, 1.165) is 21.6 Å². The van der Waals surface area contributed by atoms with Gasteiger partial charge in [0.25, 0.3) is 0 Å². The van der Waals surface area contributed by atoms with Crippen molar-refractivity contribution in [3.05, 3.63) is 0 Å². The van der Waals surface area contributed by atoms with Crippen LogP contribution >= 0.6 is 44.8 Å². The Morgan fingerprint density at radius 3 is 2.31 bits per heavy atom. The first-order chi connectivity index (χ1) is 7.19. The molecule has 0 spiro atoms. The molecule has 0 bridgehead atoms. The van der Waals surface area contributed by atoms with Crippen LogP contribution < -0.4 is 11.5 Å². The molecule has 0 aromatic heterocycles. The standard InChI is InChI=1S/C6H10Cl2N2O4S2/c7-4(6(8,10)5(13)14)16-15-1-2(9)3(11)12/h2,4H,1,9-10H2,(H,11,12)(H,13,14). The summed E-state index contributed by atoms with van der Waals surface area (Å²) >= 11 is 11.1. The summed E-state index contributed by atoms with van der Waals surface area (Å²) in [5.74, 6) is -2.54. The third-order valence-corrected chi connectivity index (χ3v) is 5.49. The normalized spacial score (nSPS) is 18.5. The van der Waals surface area contributed by atoms with Crippen LogP contribution in [0.4, 0.5) is 0 Å². The van der Waals surface area contributed by atoms with Gasteiger partial charge in [-0.15, -0.1) is 11.6 Å². The zero-order chi connectivity index (χ0) is 12.9. The van der Waals surface area contributed by atoms with Crippen LogP contribution in [0, 0.1) is 0 Å². The van der Waals surface area contributed by atoms with Gasteiger partial charge in [0.15, 0.2) is 0 Å². The summed E-state index contributed by atoms with van der Waals surface area (Å²) in [6.45, 7) is 0. The molecule has 0 aliphatic rings. The van der Waals surface area contributed by atoms with Crippen molar-refractivity contribution in [2.75, 3.05) is 5.75 Å². The van der Waals surface area contributed by atoms with Crippen LogP contribution in [0.3, 0.4) is 0 Å². The molecular weight excluding hydrogens is 299 g/mol. The largest absolute Gasteiger partial charge is 0.480 e. The van der Waals surface area contributed by atoms with E-state index in [4.69, 9.17) is 44.9 Å². The van der Waals surface area contributed by atoms with E-state index in [1.54, 1.807) is 0 Å². The maximum absolute atomic E-state index is 10.6. The van der Waals surface area contributed by atoms with Crippen LogP contribution in [0.1, 0.15) is 0 Å². The number of nitrogens with two attached hydrogens (primary N) is 2. The van der Waals surface area contributed by atoms with Crippen molar-refractivity contribution in [3.8, 4) is 0 Å². The number of aliphatic carboxylic acids is 2. The molecule has 94 valence electrons. The first kappa shape index (κ1) is 16.1. The molecule has 0 saturated carbocycles. The maximum Gasteiger partial charge on any atom is 0.341 e. The second-order valence-electron chi connectivity index (χ2n) is 2.71. The number of carbonyl (C=O) groups is 2. The lowest BCUT2D eigenvalue weighted by Gasteiger charge is -2.21. The zero-order valence-electron chi connectivity index (χ0n) is 7.80. The Hall–Kier alpha value is 0.140. The average Bonchev–Trinajstić information content (AvgIpc) is 2.16. The Morgan fingerprint density at radius 2 is 1.94 bits per heavy atom. The third kappa shape index (κ3) is 4.98. The zero-order valence-corrected chi connectivity index (χ0v) is 10.9. The van der Waals surface area contributed by atoms with Gasteiger partial charge in [-0.2, -0.15) is 0 Å². The molecule has 0 heterocycles. The van der Waals surface area contributed by atoms with Crippen LogP contribution in [0.5, 0.6) is 0 Å². The van der Waals surface area contributed by atoms with Gasteiger partial charge in [0, 0.05) is 5.75 Å². The highest BCUT2D eigenvalue weighted by Gasteiger charge is 2.40. The van der Waals surface area contributed by atoms with Gasteiger partial charge >= 0.3 is 11.9 Å². The van der Waals surface area contributed by atoms with E-state index < -0.39 is 27.7 Å².